The average molecular weight is 541 g/mol. The molecule has 206 valence electrons. The molecule has 2 aliphatic rings. The number of morpholine rings is 1. The Hall–Kier alpha value is -4.06. The minimum atomic E-state index is 0.386. The zero-order valence-corrected chi connectivity index (χ0v) is 23.7. The van der Waals surface area contributed by atoms with Crippen LogP contribution in [0.15, 0.2) is 97.5 Å². The lowest BCUT2D eigenvalue weighted by molar-refractivity contribution is 0.0340. The first-order chi connectivity index (χ1) is 20.2. The van der Waals surface area contributed by atoms with Crippen LogP contribution < -0.4 is 0 Å². The fourth-order valence-corrected chi connectivity index (χ4v) is 6.69. The molecule has 1 aliphatic heterocycles. The van der Waals surface area contributed by atoms with Crippen molar-refractivity contribution >= 4 is 32.3 Å². The van der Waals surface area contributed by atoms with Crippen molar-refractivity contribution in [2.24, 2.45) is 7.05 Å². The van der Waals surface area contributed by atoms with Gasteiger partial charge in [-0.2, -0.15) is 5.10 Å². The van der Waals surface area contributed by atoms with E-state index in [0.29, 0.717) is 5.92 Å². The number of fused-ring (bicyclic) bond motifs is 6. The van der Waals surface area contributed by atoms with Crippen LogP contribution in [0.4, 0.5) is 0 Å². The molecule has 1 aliphatic carbocycles. The van der Waals surface area contributed by atoms with Gasteiger partial charge in [-0.05, 0) is 68.8 Å². The van der Waals surface area contributed by atoms with Crippen molar-refractivity contribution in [3.63, 3.8) is 0 Å². The van der Waals surface area contributed by atoms with Gasteiger partial charge in [0.1, 0.15) is 0 Å². The highest BCUT2D eigenvalue weighted by Crippen LogP contribution is 2.41. The van der Waals surface area contributed by atoms with Gasteiger partial charge in [-0.25, -0.2) is 0 Å². The molecule has 0 radical (unpaired) electrons. The molecular weight excluding hydrogens is 504 g/mol. The Bertz CT molecular complexity index is 1750. The summed E-state index contributed by atoms with van der Waals surface area (Å²) in [6.07, 6.45) is 9.47. The fourth-order valence-electron chi connectivity index (χ4n) is 6.69. The Morgan fingerprint density at radius 3 is 2.44 bits per heavy atom. The third-order valence-corrected chi connectivity index (χ3v) is 8.68. The van der Waals surface area contributed by atoms with Crippen molar-refractivity contribution in [3.8, 4) is 0 Å². The number of ether oxygens (including phenoxy) is 1. The monoisotopic (exact) mass is 540 g/mol. The van der Waals surface area contributed by atoms with E-state index in [1.807, 2.05) is 35.3 Å². The van der Waals surface area contributed by atoms with Gasteiger partial charge in [0.2, 0.25) is 0 Å². The lowest BCUT2D eigenvalue weighted by Gasteiger charge is -2.29. The van der Waals surface area contributed by atoms with Crippen molar-refractivity contribution < 1.29 is 4.74 Å². The molecule has 41 heavy (non-hydrogen) atoms. The SMILES string of the molecule is Cn1cc(CN2CCOCC2)c(C2CCCc3c2ccc2c3ccc3ccccc32)n1.c1ccc2cnccc2c1. The lowest BCUT2D eigenvalue weighted by atomic mass is 9.78. The summed E-state index contributed by atoms with van der Waals surface area (Å²) in [5.74, 6) is 0.386. The summed E-state index contributed by atoms with van der Waals surface area (Å²) in [5.41, 5.74) is 5.66. The Morgan fingerprint density at radius 2 is 1.59 bits per heavy atom. The highest BCUT2D eigenvalue weighted by atomic mass is 16.5. The first-order valence-electron chi connectivity index (χ1n) is 14.8. The van der Waals surface area contributed by atoms with E-state index >= 15 is 0 Å². The fraction of sp³-hybridized carbons (Fsp3) is 0.278. The maximum atomic E-state index is 5.54. The van der Waals surface area contributed by atoms with Crippen molar-refractivity contribution in [3.05, 3.63) is 120 Å². The van der Waals surface area contributed by atoms with Gasteiger partial charge in [0.15, 0.2) is 0 Å². The number of pyridine rings is 1. The zero-order chi connectivity index (χ0) is 27.6. The number of hydrogen-bond donors (Lipinski definition) is 0. The van der Waals surface area contributed by atoms with Crippen LogP contribution in [-0.4, -0.2) is 46.0 Å². The molecule has 2 aromatic heterocycles. The van der Waals surface area contributed by atoms with E-state index in [0.717, 1.165) is 39.3 Å². The second-order valence-corrected chi connectivity index (χ2v) is 11.3. The molecule has 0 amide bonds. The molecular formula is C36H36N4O. The lowest BCUT2D eigenvalue weighted by Crippen LogP contribution is -2.35. The molecule has 8 rings (SSSR count). The molecule has 1 saturated heterocycles. The van der Waals surface area contributed by atoms with Gasteiger partial charge in [0.25, 0.3) is 0 Å². The van der Waals surface area contributed by atoms with E-state index in [1.54, 1.807) is 0 Å². The topological polar surface area (TPSA) is 43.2 Å². The van der Waals surface area contributed by atoms with E-state index in [2.05, 4.69) is 83.8 Å². The summed E-state index contributed by atoms with van der Waals surface area (Å²) in [6, 6.07) is 28.3. The molecule has 5 nitrogen and oxygen atoms in total. The smallest absolute Gasteiger partial charge is 0.0744 e. The van der Waals surface area contributed by atoms with Crippen molar-refractivity contribution in [2.45, 2.75) is 31.7 Å². The van der Waals surface area contributed by atoms with Gasteiger partial charge in [-0.1, -0.05) is 72.8 Å². The molecule has 4 aromatic carbocycles. The number of benzene rings is 4. The highest BCUT2D eigenvalue weighted by Gasteiger charge is 2.28. The quantitative estimate of drug-likeness (QED) is 0.222. The molecule has 0 spiro atoms. The van der Waals surface area contributed by atoms with Crippen LogP contribution in [0.1, 0.15) is 41.1 Å². The zero-order valence-electron chi connectivity index (χ0n) is 23.7. The molecule has 1 unspecified atom stereocenters. The summed E-state index contributed by atoms with van der Waals surface area (Å²) in [6.45, 7) is 4.65. The van der Waals surface area contributed by atoms with Crippen LogP contribution in [0.2, 0.25) is 0 Å². The number of hydrogen-bond acceptors (Lipinski definition) is 4. The van der Waals surface area contributed by atoms with Crippen LogP contribution >= 0.6 is 0 Å². The molecule has 6 aromatic rings. The van der Waals surface area contributed by atoms with Gasteiger partial charge in [0.05, 0.1) is 18.9 Å². The summed E-state index contributed by atoms with van der Waals surface area (Å²) in [4.78, 5) is 6.51. The van der Waals surface area contributed by atoms with Crippen LogP contribution in [0.5, 0.6) is 0 Å². The summed E-state index contributed by atoms with van der Waals surface area (Å²) in [5, 5.41) is 12.9. The van der Waals surface area contributed by atoms with Crippen molar-refractivity contribution in [1.29, 1.82) is 0 Å². The van der Waals surface area contributed by atoms with E-state index in [9.17, 15) is 0 Å². The Balaban J connectivity index is 0.000000232. The largest absolute Gasteiger partial charge is 0.379 e. The second kappa shape index (κ2) is 11.4. The third kappa shape index (κ3) is 5.23. The third-order valence-electron chi connectivity index (χ3n) is 8.68. The van der Waals surface area contributed by atoms with E-state index < -0.39 is 0 Å². The van der Waals surface area contributed by atoms with Gasteiger partial charge in [0, 0.05) is 56.8 Å². The molecule has 1 atom stereocenters. The summed E-state index contributed by atoms with van der Waals surface area (Å²) in [7, 11) is 2.06. The maximum absolute atomic E-state index is 5.54. The van der Waals surface area contributed by atoms with E-state index in [1.165, 1.54) is 67.5 Å². The number of aryl methyl sites for hydroxylation is 2. The minimum Gasteiger partial charge on any atom is -0.379 e. The molecule has 5 heteroatoms. The van der Waals surface area contributed by atoms with Gasteiger partial charge >= 0.3 is 0 Å². The second-order valence-electron chi connectivity index (χ2n) is 11.3. The van der Waals surface area contributed by atoms with Gasteiger partial charge in [-0.15, -0.1) is 0 Å². The van der Waals surface area contributed by atoms with Crippen LogP contribution in [0.3, 0.4) is 0 Å². The summed E-state index contributed by atoms with van der Waals surface area (Å²) < 4.78 is 7.55. The standard InChI is InChI=1S/C27H29N3O.C9H7N/c1-29-17-20(18-30-13-15-31-16-14-30)27(28-29)26-8-4-7-22-24-10-9-19-5-2-3-6-21(19)23(24)11-12-25(22)26;1-2-4-9-7-10-6-5-8(9)3-1/h2-3,5-6,9-12,17,26H,4,7-8,13-16,18H2,1H3;1-7H. The van der Waals surface area contributed by atoms with Crippen LogP contribution in [0, 0.1) is 0 Å². The van der Waals surface area contributed by atoms with Gasteiger partial charge in [-0.3, -0.25) is 14.6 Å². The van der Waals surface area contributed by atoms with E-state index in [-0.39, 0.29) is 0 Å². The normalized spacial score (nSPS) is 17.3. The molecule has 3 heterocycles. The Kier molecular flexibility index (Phi) is 7.22. The minimum absolute atomic E-state index is 0.386. The average Bonchev–Trinajstić information content (AvgIpc) is 3.40. The van der Waals surface area contributed by atoms with Crippen LogP contribution in [-0.2, 0) is 24.8 Å². The first kappa shape index (κ1) is 25.9. The number of rotatable bonds is 3. The molecule has 1 fully saturated rings. The van der Waals surface area contributed by atoms with Gasteiger partial charge < -0.3 is 4.74 Å². The predicted octanol–water partition coefficient (Wildman–Crippen LogP) is 7.26. The van der Waals surface area contributed by atoms with Crippen molar-refractivity contribution in [1.82, 2.24) is 19.7 Å². The molecule has 0 bridgehead atoms. The predicted molar refractivity (Wildman–Crippen MR) is 167 cm³/mol. The number of aromatic nitrogens is 3. The van der Waals surface area contributed by atoms with E-state index in [4.69, 9.17) is 9.84 Å². The molecule has 0 saturated carbocycles. The Labute approximate surface area is 241 Å². The van der Waals surface area contributed by atoms with Crippen LogP contribution in [0.25, 0.3) is 32.3 Å². The summed E-state index contributed by atoms with van der Waals surface area (Å²) >= 11 is 0. The van der Waals surface area contributed by atoms with Crippen molar-refractivity contribution in [2.75, 3.05) is 26.3 Å². The first-order valence-corrected chi connectivity index (χ1v) is 14.8. The number of nitrogens with zero attached hydrogens (tertiary/aromatic N) is 4. The highest BCUT2D eigenvalue weighted by molar-refractivity contribution is 6.08. The maximum Gasteiger partial charge on any atom is 0.0744 e. The Morgan fingerprint density at radius 1 is 0.805 bits per heavy atom. The molecule has 0 N–H and O–H groups in total.